The number of hydrogen-bond acceptors (Lipinski definition) is 3. The summed E-state index contributed by atoms with van der Waals surface area (Å²) >= 11 is 0. The molecule has 25 heavy (non-hydrogen) atoms. The first kappa shape index (κ1) is 17.9. The summed E-state index contributed by atoms with van der Waals surface area (Å²) in [6, 6.07) is 11.8. The van der Waals surface area contributed by atoms with Crippen LogP contribution in [0, 0.1) is 0 Å². The van der Waals surface area contributed by atoms with Crippen LogP contribution in [0.5, 0.6) is 0 Å². The van der Waals surface area contributed by atoms with Gasteiger partial charge in [-0.15, -0.1) is 0 Å². The third-order valence-electron chi connectivity index (χ3n) is 4.65. The van der Waals surface area contributed by atoms with Crippen LogP contribution in [0.15, 0.2) is 47.4 Å². The van der Waals surface area contributed by atoms with Crippen LogP contribution in [0.4, 0.5) is 0 Å². The van der Waals surface area contributed by atoms with Crippen molar-refractivity contribution in [1.82, 2.24) is 9.62 Å². The highest BCUT2D eigenvalue weighted by Gasteiger charge is 2.26. The van der Waals surface area contributed by atoms with Gasteiger partial charge in [0.05, 0.1) is 10.9 Å². The fourth-order valence-corrected chi connectivity index (χ4v) is 4.48. The average molecular weight is 360 g/mol. The molecule has 1 atom stereocenters. The molecule has 0 spiro atoms. The van der Waals surface area contributed by atoms with Crippen LogP contribution in [0.3, 0.4) is 0 Å². The first-order valence-electron chi connectivity index (χ1n) is 8.77. The number of fused-ring (bicyclic) bond motifs is 1. The minimum absolute atomic E-state index is 0.147. The number of sulfonamides is 1. The van der Waals surface area contributed by atoms with Crippen molar-refractivity contribution < 1.29 is 13.2 Å². The van der Waals surface area contributed by atoms with Crippen LogP contribution >= 0.6 is 0 Å². The molecule has 1 heterocycles. The number of amides is 1. The predicted molar refractivity (Wildman–Crippen MR) is 98.8 cm³/mol. The molecule has 1 N–H and O–H groups in total. The Balaban J connectivity index is 1.75. The Bertz CT molecular complexity index is 856. The summed E-state index contributed by atoms with van der Waals surface area (Å²) in [5.74, 6) is -0.147. The molecule has 1 saturated heterocycles. The normalized spacial score (nSPS) is 17.2. The first-order valence-corrected chi connectivity index (χ1v) is 10.3. The van der Waals surface area contributed by atoms with Crippen molar-refractivity contribution in [2.45, 2.75) is 43.5 Å². The van der Waals surface area contributed by atoms with Crippen molar-refractivity contribution in [2.24, 2.45) is 0 Å². The largest absolute Gasteiger partial charge is 0.341 e. The molecule has 0 radical (unpaired) electrons. The van der Waals surface area contributed by atoms with Gasteiger partial charge < -0.3 is 4.90 Å². The number of hydrogen-bond donors (Lipinski definition) is 1. The second kappa shape index (κ2) is 7.54. The van der Waals surface area contributed by atoms with E-state index in [9.17, 15) is 13.2 Å². The van der Waals surface area contributed by atoms with E-state index in [0.29, 0.717) is 13.1 Å². The molecule has 1 aliphatic heterocycles. The second-order valence-corrected chi connectivity index (χ2v) is 8.31. The summed E-state index contributed by atoms with van der Waals surface area (Å²) in [7, 11) is -3.74. The van der Waals surface area contributed by atoms with Gasteiger partial charge in [0.15, 0.2) is 0 Å². The van der Waals surface area contributed by atoms with Crippen molar-refractivity contribution in [3.05, 3.63) is 42.5 Å². The molecule has 6 heteroatoms. The van der Waals surface area contributed by atoms with E-state index >= 15 is 0 Å². The maximum Gasteiger partial charge on any atom is 0.241 e. The highest BCUT2D eigenvalue weighted by atomic mass is 32.2. The van der Waals surface area contributed by atoms with Gasteiger partial charge in [-0.05, 0) is 42.7 Å². The van der Waals surface area contributed by atoms with Crippen molar-refractivity contribution in [2.75, 3.05) is 13.1 Å². The Labute approximate surface area is 149 Å². The minimum atomic E-state index is -3.74. The number of carbonyl (C=O) groups excluding carboxylic acids is 1. The van der Waals surface area contributed by atoms with E-state index in [1.807, 2.05) is 24.3 Å². The van der Waals surface area contributed by atoms with Crippen LogP contribution in [0.2, 0.25) is 0 Å². The van der Waals surface area contributed by atoms with Gasteiger partial charge in [-0.3, -0.25) is 4.79 Å². The van der Waals surface area contributed by atoms with E-state index in [0.717, 1.165) is 36.5 Å². The standard InChI is InChI=1S/C19H24N2O3S/c1-15(19(22)21-12-6-2-3-7-13-21)20-25(23,24)18-11-10-16-8-4-5-9-17(16)14-18/h4-5,8-11,14-15,20H,2-3,6-7,12-13H2,1H3/t15-/m1/s1. The maximum atomic E-state index is 12.7. The van der Waals surface area contributed by atoms with E-state index in [-0.39, 0.29) is 10.8 Å². The van der Waals surface area contributed by atoms with E-state index in [1.54, 1.807) is 30.0 Å². The highest BCUT2D eigenvalue weighted by Crippen LogP contribution is 2.19. The molecule has 1 amide bonds. The van der Waals surface area contributed by atoms with Gasteiger partial charge in [0.1, 0.15) is 0 Å². The molecule has 0 unspecified atom stereocenters. The summed E-state index contributed by atoms with van der Waals surface area (Å²) in [4.78, 5) is 14.5. The van der Waals surface area contributed by atoms with Crippen LogP contribution in [0.1, 0.15) is 32.6 Å². The highest BCUT2D eigenvalue weighted by molar-refractivity contribution is 7.89. The van der Waals surface area contributed by atoms with Gasteiger partial charge in [-0.1, -0.05) is 43.2 Å². The van der Waals surface area contributed by atoms with Crippen LogP contribution < -0.4 is 4.72 Å². The Morgan fingerprint density at radius 1 is 1.00 bits per heavy atom. The molecular weight excluding hydrogens is 336 g/mol. The lowest BCUT2D eigenvalue weighted by molar-refractivity contribution is -0.132. The number of nitrogens with zero attached hydrogens (tertiary/aromatic N) is 1. The van der Waals surface area contributed by atoms with E-state index in [1.165, 1.54) is 0 Å². The SMILES string of the molecule is C[C@@H](NS(=O)(=O)c1ccc2ccccc2c1)C(=O)N1CCCCCC1. The van der Waals surface area contributed by atoms with Crippen molar-refractivity contribution >= 4 is 26.7 Å². The molecule has 1 fully saturated rings. The molecule has 5 nitrogen and oxygen atoms in total. The van der Waals surface area contributed by atoms with Gasteiger partial charge in [0.2, 0.25) is 15.9 Å². The van der Waals surface area contributed by atoms with Crippen LogP contribution in [-0.2, 0) is 14.8 Å². The number of benzene rings is 2. The summed E-state index contributed by atoms with van der Waals surface area (Å²) in [5, 5.41) is 1.84. The first-order chi connectivity index (χ1) is 12.0. The molecule has 134 valence electrons. The van der Waals surface area contributed by atoms with Gasteiger partial charge in [0, 0.05) is 13.1 Å². The maximum absolute atomic E-state index is 12.7. The summed E-state index contributed by atoms with van der Waals surface area (Å²) in [5.41, 5.74) is 0. The fraction of sp³-hybridized carbons (Fsp3) is 0.421. The zero-order valence-corrected chi connectivity index (χ0v) is 15.3. The van der Waals surface area contributed by atoms with Crippen molar-refractivity contribution in [3.8, 4) is 0 Å². The van der Waals surface area contributed by atoms with Gasteiger partial charge >= 0.3 is 0 Å². The van der Waals surface area contributed by atoms with Crippen LogP contribution in [0.25, 0.3) is 10.8 Å². The third kappa shape index (κ3) is 4.19. The minimum Gasteiger partial charge on any atom is -0.341 e. The molecule has 0 bridgehead atoms. The number of rotatable bonds is 4. The molecule has 0 saturated carbocycles. The number of carbonyl (C=O) groups is 1. The predicted octanol–water partition coefficient (Wildman–Crippen LogP) is 2.91. The van der Waals surface area contributed by atoms with Gasteiger partial charge in [-0.25, -0.2) is 8.42 Å². The molecular formula is C19H24N2O3S. The molecule has 0 aliphatic carbocycles. The Morgan fingerprint density at radius 2 is 1.64 bits per heavy atom. The zero-order chi connectivity index (χ0) is 17.9. The lowest BCUT2D eigenvalue weighted by atomic mass is 10.1. The summed E-state index contributed by atoms with van der Waals surface area (Å²) in [6.45, 7) is 3.04. The average Bonchev–Trinajstić information content (AvgIpc) is 2.89. The molecule has 0 aromatic heterocycles. The van der Waals surface area contributed by atoms with Gasteiger partial charge in [-0.2, -0.15) is 4.72 Å². The number of nitrogens with one attached hydrogen (secondary N) is 1. The second-order valence-electron chi connectivity index (χ2n) is 6.59. The lowest BCUT2D eigenvalue weighted by Crippen LogP contribution is -2.47. The molecule has 2 aromatic carbocycles. The van der Waals surface area contributed by atoms with E-state index < -0.39 is 16.1 Å². The van der Waals surface area contributed by atoms with Crippen LogP contribution in [-0.4, -0.2) is 38.4 Å². The molecule has 1 aliphatic rings. The molecule has 2 aromatic rings. The van der Waals surface area contributed by atoms with Crippen molar-refractivity contribution in [3.63, 3.8) is 0 Å². The van der Waals surface area contributed by atoms with E-state index in [2.05, 4.69) is 4.72 Å². The van der Waals surface area contributed by atoms with Crippen molar-refractivity contribution in [1.29, 1.82) is 0 Å². The number of likely N-dealkylation sites (tertiary alicyclic amines) is 1. The Morgan fingerprint density at radius 3 is 2.32 bits per heavy atom. The lowest BCUT2D eigenvalue weighted by Gasteiger charge is -2.24. The third-order valence-corrected chi connectivity index (χ3v) is 6.19. The fourth-order valence-electron chi connectivity index (χ4n) is 3.25. The zero-order valence-electron chi connectivity index (χ0n) is 14.4. The molecule has 3 rings (SSSR count). The topological polar surface area (TPSA) is 66.5 Å². The smallest absolute Gasteiger partial charge is 0.241 e. The Kier molecular flexibility index (Phi) is 5.39. The quantitative estimate of drug-likeness (QED) is 0.912. The summed E-state index contributed by atoms with van der Waals surface area (Å²) < 4.78 is 27.9. The Hall–Kier alpha value is -1.92. The van der Waals surface area contributed by atoms with Gasteiger partial charge in [0.25, 0.3) is 0 Å². The summed E-state index contributed by atoms with van der Waals surface area (Å²) in [6.07, 6.45) is 4.22. The monoisotopic (exact) mass is 360 g/mol. The van der Waals surface area contributed by atoms with E-state index in [4.69, 9.17) is 0 Å².